The SMILES string of the molecule is CCC(=O)C1=C(O)C(=O)N(c2ccc(CC)cc2)C1c1cccc(OC)c1. The van der Waals surface area contributed by atoms with Crippen LogP contribution in [0.5, 0.6) is 5.75 Å². The molecule has 1 aliphatic rings. The summed E-state index contributed by atoms with van der Waals surface area (Å²) in [5, 5.41) is 10.5. The molecule has 1 heterocycles. The van der Waals surface area contributed by atoms with Gasteiger partial charge in [0.25, 0.3) is 5.91 Å². The van der Waals surface area contributed by atoms with E-state index >= 15 is 0 Å². The van der Waals surface area contributed by atoms with Crippen LogP contribution in [0.15, 0.2) is 59.9 Å². The Kier molecular flexibility index (Phi) is 5.31. The Balaban J connectivity index is 2.15. The van der Waals surface area contributed by atoms with Gasteiger partial charge in [0.05, 0.1) is 18.7 Å². The van der Waals surface area contributed by atoms with Gasteiger partial charge in [0.1, 0.15) is 5.75 Å². The van der Waals surface area contributed by atoms with Gasteiger partial charge in [0, 0.05) is 12.1 Å². The van der Waals surface area contributed by atoms with E-state index in [4.69, 9.17) is 4.74 Å². The van der Waals surface area contributed by atoms with Crippen molar-refractivity contribution >= 4 is 17.4 Å². The van der Waals surface area contributed by atoms with E-state index in [1.54, 1.807) is 32.2 Å². The Morgan fingerprint density at radius 3 is 2.44 bits per heavy atom. The summed E-state index contributed by atoms with van der Waals surface area (Å²) in [6, 6.07) is 14.1. The van der Waals surface area contributed by atoms with Gasteiger partial charge in [-0.2, -0.15) is 0 Å². The molecule has 140 valence electrons. The third-order valence-corrected chi connectivity index (χ3v) is 4.86. The summed E-state index contributed by atoms with van der Waals surface area (Å²) in [5.74, 6) is -0.671. The van der Waals surface area contributed by atoms with Crippen LogP contribution in [0.25, 0.3) is 0 Å². The Morgan fingerprint density at radius 2 is 1.85 bits per heavy atom. The molecule has 1 aliphatic heterocycles. The molecule has 0 radical (unpaired) electrons. The standard InChI is InChI=1S/C22H23NO4/c1-4-14-9-11-16(12-10-14)23-20(15-7-6-8-17(13-15)27-3)19(18(24)5-2)21(25)22(23)26/h6-13,20,25H,4-5H2,1-3H3. The topological polar surface area (TPSA) is 66.8 Å². The number of benzene rings is 2. The number of aliphatic hydroxyl groups excluding tert-OH is 1. The van der Waals surface area contributed by atoms with Crippen molar-refractivity contribution in [2.75, 3.05) is 12.0 Å². The van der Waals surface area contributed by atoms with Gasteiger partial charge < -0.3 is 9.84 Å². The number of amides is 1. The van der Waals surface area contributed by atoms with Crippen molar-refractivity contribution in [2.45, 2.75) is 32.7 Å². The molecule has 0 saturated carbocycles. The Bertz CT molecular complexity index is 899. The number of anilines is 1. The van der Waals surface area contributed by atoms with Gasteiger partial charge in [-0.05, 0) is 41.8 Å². The summed E-state index contributed by atoms with van der Waals surface area (Å²) in [6.07, 6.45) is 1.09. The first-order chi connectivity index (χ1) is 13.0. The molecule has 0 fully saturated rings. The monoisotopic (exact) mass is 365 g/mol. The molecule has 1 atom stereocenters. The first-order valence-electron chi connectivity index (χ1n) is 9.04. The number of methoxy groups -OCH3 is 1. The fraction of sp³-hybridized carbons (Fsp3) is 0.273. The van der Waals surface area contributed by atoms with Crippen LogP contribution in [0.4, 0.5) is 5.69 Å². The number of carbonyl (C=O) groups is 2. The number of aryl methyl sites for hydroxylation is 1. The lowest BCUT2D eigenvalue weighted by molar-refractivity contribution is -0.118. The number of Topliss-reactive ketones (excluding diaryl/α,β-unsaturated/α-hetero) is 1. The minimum Gasteiger partial charge on any atom is -0.503 e. The van der Waals surface area contributed by atoms with Crippen molar-refractivity contribution in [3.8, 4) is 5.75 Å². The molecule has 2 aromatic carbocycles. The fourth-order valence-corrected chi connectivity index (χ4v) is 3.37. The zero-order valence-electron chi connectivity index (χ0n) is 15.7. The third kappa shape index (κ3) is 3.33. The summed E-state index contributed by atoms with van der Waals surface area (Å²) < 4.78 is 5.29. The maximum Gasteiger partial charge on any atom is 0.294 e. The lowest BCUT2D eigenvalue weighted by Gasteiger charge is -2.27. The van der Waals surface area contributed by atoms with E-state index in [2.05, 4.69) is 6.92 Å². The van der Waals surface area contributed by atoms with Gasteiger partial charge in [0.2, 0.25) is 0 Å². The molecule has 27 heavy (non-hydrogen) atoms. The first-order valence-corrected chi connectivity index (χ1v) is 9.04. The zero-order chi connectivity index (χ0) is 19.6. The number of carbonyl (C=O) groups excluding carboxylic acids is 2. The Morgan fingerprint density at radius 1 is 1.15 bits per heavy atom. The molecule has 2 aromatic rings. The Hall–Kier alpha value is -3.08. The number of nitrogens with zero attached hydrogens (tertiary/aromatic N) is 1. The van der Waals surface area contributed by atoms with Gasteiger partial charge in [-0.25, -0.2) is 0 Å². The van der Waals surface area contributed by atoms with Crippen LogP contribution in [0, 0.1) is 0 Å². The van der Waals surface area contributed by atoms with Crippen molar-refractivity contribution in [3.63, 3.8) is 0 Å². The Labute approximate surface area is 158 Å². The predicted octanol–water partition coefficient (Wildman–Crippen LogP) is 4.14. The molecule has 1 N–H and O–H groups in total. The van der Waals surface area contributed by atoms with E-state index in [9.17, 15) is 14.7 Å². The van der Waals surface area contributed by atoms with Crippen molar-refractivity contribution in [2.24, 2.45) is 0 Å². The van der Waals surface area contributed by atoms with Crippen molar-refractivity contribution in [1.29, 1.82) is 0 Å². The molecular weight excluding hydrogens is 342 g/mol. The molecule has 0 spiro atoms. The zero-order valence-corrected chi connectivity index (χ0v) is 15.7. The average Bonchev–Trinajstić information content (AvgIpc) is 2.98. The number of rotatable bonds is 6. The summed E-state index contributed by atoms with van der Waals surface area (Å²) in [4.78, 5) is 26.9. The number of hydrogen-bond acceptors (Lipinski definition) is 4. The second kappa shape index (κ2) is 7.66. The molecule has 0 bridgehead atoms. The van der Waals surface area contributed by atoms with Gasteiger partial charge in [-0.3, -0.25) is 14.5 Å². The maximum absolute atomic E-state index is 12.9. The molecule has 1 unspecified atom stereocenters. The van der Waals surface area contributed by atoms with E-state index in [0.717, 1.165) is 12.0 Å². The van der Waals surface area contributed by atoms with Gasteiger partial charge in [-0.15, -0.1) is 0 Å². The van der Waals surface area contributed by atoms with Crippen LogP contribution >= 0.6 is 0 Å². The van der Waals surface area contributed by atoms with Crippen molar-refractivity contribution in [1.82, 2.24) is 0 Å². The second-order valence-corrected chi connectivity index (χ2v) is 6.41. The van der Waals surface area contributed by atoms with E-state index in [1.807, 2.05) is 30.3 Å². The highest BCUT2D eigenvalue weighted by Crippen LogP contribution is 2.42. The number of ketones is 1. The first kappa shape index (κ1) is 18.7. The van der Waals surface area contributed by atoms with Crippen LogP contribution in [-0.2, 0) is 16.0 Å². The lowest BCUT2D eigenvalue weighted by atomic mass is 9.94. The fourth-order valence-electron chi connectivity index (χ4n) is 3.37. The molecule has 0 aliphatic carbocycles. The summed E-state index contributed by atoms with van der Waals surface area (Å²) >= 11 is 0. The van der Waals surface area contributed by atoms with E-state index in [0.29, 0.717) is 17.0 Å². The summed E-state index contributed by atoms with van der Waals surface area (Å²) in [7, 11) is 1.56. The third-order valence-electron chi connectivity index (χ3n) is 4.86. The van der Waals surface area contributed by atoms with Gasteiger partial charge in [-0.1, -0.05) is 38.1 Å². The van der Waals surface area contributed by atoms with Crippen LogP contribution in [0.1, 0.15) is 37.4 Å². The van der Waals surface area contributed by atoms with Crippen LogP contribution in [-0.4, -0.2) is 23.9 Å². The molecule has 5 nitrogen and oxygen atoms in total. The van der Waals surface area contributed by atoms with Crippen molar-refractivity contribution < 1.29 is 19.4 Å². The highest BCUT2D eigenvalue weighted by molar-refractivity contribution is 6.16. The number of aliphatic hydroxyl groups is 1. The normalized spacial score (nSPS) is 16.8. The number of ether oxygens (including phenoxy) is 1. The molecule has 0 aromatic heterocycles. The van der Waals surface area contributed by atoms with E-state index in [1.165, 1.54) is 4.90 Å². The van der Waals surface area contributed by atoms with E-state index < -0.39 is 17.7 Å². The van der Waals surface area contributed by atoms with Crippen molar-refractivity contribution in [3.05, 3.63) is 71.0 Å². The quantitative estimate of drug-likeness (QED) is 0.836. The van der Waals surface area contributed by atoms with Crippen LogP contribution < -0.4 is 9.64 Å². The minimum absolute atomic E-state index is 0.135. The molecule has 3 rings (SSSR count). The maximum atomic E-state index is 12.9. The molecule has 5 heteroatoms. The van der Waals surface area contributed by atoms with Crippen LogP contribution in [0.3, 0.4) is 0 Å². The average molecular weight is 365 g/mol. The highest BCUT2D eigenvalue weighted by atomic mass is 16.5. The van der Waals surface area contributed by atoms with E-state index in [-0.39, 0.29) is 17.8 Å². The summed E-state index contributed by atoms with van der Waals surface area (Å²) in [6.45, 7) is 3.77. The minimum atomic E-state index is -0.687. The lowest BCUT2D eigenvalue weighted by Crippen LogP contribution is -2.31. The number of hydrogen-bond donors (Lipinski definition) is 1. The second-order valence-electron chi connectivity index (χ2n) is 6.41. The smallest absolute Gasteiger partial charge is 0.294 e. The summed E-state index contributed by atoms with van der Waals surface area (Å²) in [5.41, 5.74) is 2.62. The molecule has 1 amide bonds. The predicted molar refractivity (Wildman–Crippen MR) is 104 cm³/mol. The van der Waals surface area contributed by atoms with Gasteiger partial charge in [0.15, 0.2) is 11.5 Å². The molecular formula is C22H23NO4. The van der Waals surface area contributed by atoms with Crippen LogP contribution in [0.2, 0.25) is 0 Å². The molecule has 0 saturated heterocycles. The van der Waals surface area contributed by atoms with Gasteiger partial charge >= 0.3 is 0 Å². The largest absolute Gasteiger partial charge is 0.503 e. The highest BCUT2D eigenvalue weighted by Gasteiger charge is 2.43.